The van der Waals surface area contributed by atoms with E-state index in [2.05, 4.69) is 65.0 Å². The van der Waals surface area contributed by atoms with Gasteiger partial charge in [-0.05, 0) is 74.9 Å². The maximum Gasteiger partial charge on any atom is 0.270 e. The van der Waals surface area contributed by atoms with Gasteiger partial charge in [0.2, 0.25) is 0 Å². The molecule has 0 radical (unpaired) electrons. The maximum absolute atomic E-state index is 13.7. The lowest BCUT2D eigenvalue weighted by atomic mass is 9.84. The third kappa shape index (κ3) is 5.77. The van der Waals surface area contributed by atoms with E-state index in [1.165, 1.54) is 29.4 Å². The third-order valence-electron chi connectivity index (χ3n) is 8.43. The normalized spacial score (nSPS) is 18.1. The summed E-state index contributed by atoms with van der Waals surface area (Å²) in [5, 5.41) is 1.18. The highest BCUT2D eigenvalue weighted by Gasteiger charge is 2.28. The summed E-state index contributed by atoms with van der Waals surface area (Å²) >= 11 is 0. The van der Waals surface area contributed by atoms with Crippen molar-refractivity contribution in [3.8, 4) is 0 Å². The van der Waals surface area contributed by atoms with Gasteiger partial charge in [0.05, 0.1) is 0 Å². The van der Waals surface area contributed by atoms with E-state index < -0.39 is 0 Å². The van der Waals surface area contributed by atoms with E-state index in [9.17, 15) is 4.79 Å². The number of aromatic nitrogens is 1. The second kappa shape index (κ2) is 11.8. The number of piperidine rings is 1. The van der Waals surface area contributed by atoms with Gasteiger partial charge in [0.1, 0.15) is 5.69 Å². The monoisotopic (exact) mass is 502 g/mol. The van der Waals surface area contributed by atoms with Gasteiger partial charge in [-0.3, -0.25) is 14.6 Å². The molecule has 1 aromatic heterocycles. The number of likely N-dealkylation sites (tertiary alicyclic amines) is 1. The first-order valence-corrected chi connectivity index (χ1v) is 13.9. The van der Waals surface area contributed by atoms with Crippen LogP contribution in [0.5, 0.6) is 0 Å². The van der Waals surface area contributed by atoms with Gasteiger partial charge in [0.25, 0.3) is 5.91 Å². The Hall–Kier alpha value is -2.67. The largest absolute Gasteiger partial charge is 0.385 e. The lowest BCUT2D eigenvalue weighted by Gasteiger charge is -2.35. The molecular weight excluding hydrogens is 460 g/mol. The van der Waals surface area contributed by atoms with E-state index in [-0.39, 0.29) is 5.91 Å². The van der Waals surface area contributed by atoms with E-state index >= 15 is 0 Å². The van der Waals surface area contributed by atoms with Crippen LogP contribution in [0.3, 0.4) is 0 Å². The van der Waals surface area contributed by atoms with Crippen LogP contribution in [0.2, 0.25) is 0 Å². The Kier molecular flexibility index (Phi) is 8.28. The lowest BCUT2D eigenvalue weighted by molar-refractivity contribution is 0.0617. The van der Waals surface area contributed by atoms with Crippen molar-refractivity contribution in [2.24, 2.45) is 0 Å². The molecule has 1 amide bonds. The highest BCUT2D eigenvalue weighted by molar-refractivity contribution is 6.01. The van der Waals surface area contributed by atoms with Crippen LogP contribution in [0, 0.1) is 13.8 Å². The van der Waals surface area contributed by atoms with Crippen molar-refractivity contribution in [3.63, 3.8) is 0 Å². The number of nitrogens with zero attached hydrogens (tertiary/aromatic N) is 3. The van der Waals surface area contributed by atoms with Crippen molar-refractivity contribution in [2.75, 3.05) is 59.5 Å². The number of ether oxygens (including phenoxy) is 1. The number of para-hydroxylation sites is 1. The number of piperazine rings is 1. The molecule has 198 valence electrons. The Morgan fingerprint density at radius 3 is 2.32 bits per heavy atom. The summed E-state index contributed by atoms with van der Waals surface area (Å²) in [6.07, 6.45) is 3.38. The smallest absolute Gasteiger partial charge is 0.270 e. The van der Waals surface area contributed by atoms with Gasteiger partial charge in [-0.15, -0.1) is 0 Å². The average Bonchev–Trinajstić information content (AvgIpc) is 3.28. The first-order valence-electron chi connectivity index (χ1n) is 13.9. The van der Waals surface area contributed by atoms with Crippen LogP contribution in [-0.4, -0.2) is 85.1 Å². The molecule has 6 heteroatoms. The molecule has 1 N–H and O–H groups in total. The molecule has 2 aliphatic rings. The second-order valence-corrected chi connectivity index (χ2v) is 10.9. The molecule has 0 atom stereocenters. The van der Waals surface area contributed by atoms with E-state index in [1.54, 1.807) is 12.7 Å². The van der Waals surface area contributed by atoms with Crippen molar-refractivity contribution in [1.82, 2.24) is 19.7 Å². The Morgan fingerprint density at radius 1 is 0.919 bits per heavy atom. The topological polar surface area (TPSA) is 51.8 Å². The van der Waals surface area contributed by atoms with Gasteiger partial charge in [-0.2, -0.15) is 0 Å². The van der Waals surface area contributed by atoms with Gasteiger partial charge in [-0.25, -0.2) is 0 Å². The fourth-order valence-corrected chi connectivity index (χ4v) is 6.39. The molecule has 3 aromatic rings. The van der Waals surface area contributed by atoms with Crippen LogP contribution in [0.1, 0.15) is 57.9 Å². The van der Waals surface area contributed by atoms with Gasteiger partial charge >= 0.3 is 0 Å². The zero-order valence-electron chi connectivity index (χ0n) is 22.8. The number of benzene rings is 2. The molecule has 2 aliphatic heterocycles. The molecule has 6 nitrogen and oxygen atoms in total. The standard InChI is InChI=1S/C31H42N4O2/c1-23-8-6-9-24(2)29(23)25-12-15-34(16-13-25)22-27-26-10-4-5-11-28(26)32-30(27)31(36)35-19-17-33(18-20-35)14-7-21-37-3/h4-6,8-11,25,32H,7,12-22H2,1-3H3. The number of H-pyrrole nitrogens is 1. The first-order chi connectivity index (χ1) is 18.0. The van der Waals surface area contributed by atoms with Crippen LogP contribution >= 0.6 is 0 Å². The molecule has 2 fully saturated rings. The maximum atomic E-state index is 13.7. The van der Waals surface area contributed by atoms with E-state index in [4.69, 9.17) is 4.74 Å². The van der Waals surface area contributed by atoms with E-state index in [0.717, 1.165) is 82.2 Å². The Bertz CT molecular complexity index is 1180. The summed E-state index contributed by atoms with van der Waals surface area (Å²) in [5.41, 5.74) is 7.39. The summed E-state index contributed by atoms with van der Waals surface area (Å²) in [6, 6.07) is 15.0. The summed E-state index contributed by atoms with van der Waals surface area (Å²) in [4.78, 5) is 24.3. The highest BCUT2D eigenvalue weighted by Crippen LogP contribution is 2.34. The van der Waals surface area contributed by atoms with Crippen molar-refractivity contribution >= 4 is 16.8 Å². The van der Waals surface area contributed by atoms with E-state index in [1.807, 2.05) is 11.0 Å². The van der Waals surface area contributed by atoms with Crippen LogP contribution in [0.4, 0.5) is 0 Å². The molecule has 3 heterocycles. The Labute approximate surface area is 221 Å². The van der Waals surface area contributed by atoms with Crippen molar-refractivity contribution in [1.29, 1.82) is 0 Å². The van der Waals surface area contributed by atoms with Gasteiger partial charge in [0, 0.05) is 69.5 Å². The van der Waals surface area contributed by atoms with Crippen molar-refractivity contribution < 1.29 is 9.53 Å². The number of amides is 1. The van der Waals surface area contributed by atoms with Gasteiger partial charge in [-0.1, -0.05) is 36.4 Å². The van der Waals surface area contributed by atoms with Gasteiger partial charge < -0.3 is 14.6 Å². The zero-order valence-corrected chi connectivity index (χ0v) is 22.8. The number of nitrogens with one attached hydrogen (secondary N) is 1. The predicted molar refractivity (Wildman–Crippen MR) is 150 cm³/mol. The number of hydrogen-bond acceptors (Lipinski definition) is 4. The van der Waals surface area contributed by atoms with Crippen LogP contribution in [-0.2, 0) is 11.3 Å². The summed E-state index contributed by atoms with van der Waals surface area (Å²) in [6.45, 7) is 12.7. The quantitative estimate of drug-likeness (QED) is 0.443. The minimum Gasteiger partial charge on any atom is -0.385 e. The predicted octanol–water partition coefficient (Wildman–Crippen LogP) is 4.96. The Morgan fingerprint density at radius 2 is 1.62 bits per heavy atom. The third-order valence-corrected chi connectivity index (χ3v) is 8.43. The number of fused-ring (bicyclic) bond motifs is 1. The first kappa shape index (κ1) is 26.0. The number of carbonyl (C=O) groups is 1. The molecule has 0 aliphatic carbocycles. The fourth-order valence-electron chi connectivity index (χ4n) is 6.39. The summed E-state index contributed by atoms with van der Waals surface area (Å²) < 4.78 is 5.19. The molecule has 0 spiro atoms. The van der Waals surface area contributed by atoms with Gasteiger partial charge in [0.15, 0.2) is 0 Å². The number of hydrogen-bond donors (Lipinski definition) is 1. The molecule has 5 rings (SSSR count). The number of carbonyl (C=O) groups excluding carboxylic acids is 1. The number of aryl methyl sites for hydroxylation is 2. The van der Waals surface area contributed by atoms with Crippen LogP contribution in [0.25, 0.3) is 10.9 Å². The molecule has 0 saturated carbocycles. The SMILES string of the molecule is COCCCN1CCN(C(=O)c2[nH]c3ccccc3c2CN2CCC(c3c(C)cccc3C)CC2)CC1. The highest BCUT2D eigenvalue weighted by atomic mass is 16.5. The zero-order chi connectivity index (χ0) is 25.8. The average molecular weight is 503 g/mol. The van der Waals surface area contributed by atoms with Crippen molar-refractivity contribution in [3.05, 3.63) is 70.4 Å². The van der Waals surface area contributed by atoms with Crippen LogP contribution < -0.4 is 0 Å². The van der Waals surface area contributed by atoms with E-state index in [0.29, 0.717) is 5.92 Å². The van der Waals surface area contributed by atoms with Crippen molar-refractivity contribution in [2.45, 2.75) is 45.6 Å². The molecule has 0 bridgehead atoms. The summed E-state index contributed by atoms with van der Waals surface area (Å²) in [5.74, 6) is 0.773. The number of methoxy groups -OCH3 is 1. The second-order valence-electron chi connectivity index (χ2n) is 10.9. The minimum atomic E-state index is 0.146. The summed E-state index contributed by atoms with van der Waals surface area (Å²) in [7, 11) is 1.75. The fraction of sp³-hybridized carbons (Fsp3) is 0.516. The molecular formula is C31H42N4O2. The number of rotatable bonds is 8. The van der Waals surface area contributed by atoms with Crippen LogP contribution in [0.15, 0.2) is 42.5 Å². The number of aromatic amines is 1. The molecule has 2 aromatic carbocycles. The molecule has 2 saturated heterocycles. The lowest BCUT2D eigenvalue weighted by Crippen LogP contribution is -2.49. The minimum absolute atomic E-state index is 0.146. The Balaban J connectivity index is 1.27. The molecule has 37 heavy (non-hydrogen) atoms. The molecule has 0 unspecified atom stereocenters.